The van der Waals surface area contributed by atoms with Crippen molar-refractivity contribution in [3.05, 3.63) is 36.5 Å². The van der Waals surface area contributed by atoms with Gasteiger partial charge in [-0.2, -0.15) is 0 Å². The maximum absolute atomic E-state index is 4.47. The van der Waals surface area contributed by atoms with Crippen molar-refractivity contribution >= 4 is 16.6 Å². The zero-order valence-corrected chi connectivity index (χ0v) is 12.3. The van der Waals surface area contributed by atoms with Gasteiger partial charge in [-0.25, -0.2) is 0 Å². The first kappa shape index (κ1) is 13.0. The molecule has 1 unspecified atom stereocenters. The summed E-state index contributed by atoms with van der Waals surface area (Å²) in [6, 6.07) is 11.4. The standard InChI is InChI=1S/C17H22N4/c1-2-4-16-15(3-1)17(6-8-19-16)21-11-9-20(10-12-21)14-5-7-18-13-14/h1-4,6,8,14,18H,5,7,9-13H2. The van der Waals surface area contributed by atoms with Gasteiger partial charge in [0.15, 0.2) is 0 Å². The highest BCUT2D eigenvalue weighted by Gasteiger charge is 2.26. The fraction of sp³-hybridized carbons (Fsp3) is 0.471. The van der Waals surface area contributed by atoms with Gasteiger partial charge in [0.1, 0.15) is 0 Å². The summed E-state index contributed by atoms with van der Waals surface area (Å²) in [6.45, 7) is 6.92. The molecule has 2 aliphatic rings. The van der Waals surface area contributed by atoms with Crippen molar-refractivity contribution in [2.75, 3.05) is 44.2 Å². The Bertz CT molecular complexity index is 608. The molecule has 1 N–H and O–H groups in total. The minimum atomic E-state index is 0.751. The molecule has 0 saturated carbocycles. The van der Waals surface area contributed by atoms with Gasteiger partial charge in [-0.3, -0.25) is 9.88 Å². The molecule has 0 aliphatic carbocycles. The highest BCUT2D eigenvalue weighted by molar-refractivity contribution is 5.91. The Morgan fingerprint density at radius 1 is 1.05 bits per heavy atom. The van der Waals surface area contributed by atoms with E-state index in [-0.39, 0.29) is 0 Å². The fourth-order valence-electron chi connectivity index (χ4n) is 3.64. The average Bonchev–Trinajstić information content (AvgIpc) is 3.09. The van der Waals surface area contributed by atoms with Gasteiger partial charge in [0.2, 0.25) is 0 Å². The van der Waals surface area contributed by atoms with E-state index in [4.69, 9.17) is 0 Å². The molecule has 2 aromatic rings. The van der Waals surface area contributed by atoms with Crippen LogP contribution in [0.3, 0.4) is 0 Å². The number of hydrogen-bond acceptors (Lipinski definition) is 4. The molecule has 21 heavy (non-hydrogen) atoms. The van der Waals surface area contributed by atoms with E-state index >= 15 is 0 Å². The van der Waals surface area contributed by atoms with E-state index in [1.807, 2.05) is 6.20 Å². The van der Waals surface area contributed by atoms with Crippen LogP contribution in [0.1, 0.15) is 6.42 Å². The Labute approximate surface area is 125 Å². The molecule has 0 radical (unpaired) electrons. The summed E-state index contributed by atoms with van der Waals surface area (Å²) in [5, 5.41) is 4.75. The summed E-state index contributed by atoms with van der Waals surface area (Å²) in [5.41, 5.74) is 2.43. The molecule has 0 bridgehead atoms. The molecule has 3 heterocycles. The molecule has 0 amide bonds. The molecule has 4 heteroatoms. The maximum Gasteiger partial charge on any atom is 0.0722 e. The van der Waals surface area contributed by atoms with Crippen molar-refractivity contribution in [2.45, 2.75) is 12.5 Å². The van der Waals surface area contributed by atoms with Crippen LogP contribution >= 0.6 is 0 Å². The van der Waals surface area contributed by atoms with Gasteiger partial charge >= 0.3 is 0 Å². The predicted molar refractivity (Wildman–Crippen MR) is 86.8 cm³/mol. The predicted octanol–water partition coefficient (Wildman–Crippen LogP) is 1.72. The smallest absolute Gasteiger partial charge is 0.0722 e. The van der Waals surface area contributed by atoms with Crippen LogP contribution < -0.4 is 10.2 Å². The second-order valence-electron chi connectivity index (χ2n) is 6.02. The van der Waals surface area contributed by atoms with Crippen LogP contribution in [0.25, 0.3) is 10.9 Å². The molecule has 110 valence electrons. The van der Waals surface area contributed by atoms with Crippen LogP contribution in [-0.4, -0.2) is 55.2 Å². The van der Waals surface area contributed by atoms with Crippen molar-refractivity contribution in [1.82, 2.24) is 15.2 Å². The van der Waals surface area contributed by atoms with E-state index in [0.717, 1.165) is 31.2 Å². The normalized spacial score (nSPS) is 23.8. The molecule has 2 fully saturated rings. The van der Waals surface area contributed by atoms with Crippen molar-refractivity contribution < 1.29 is 0 Å². The summed E-state index contributed by atoms with van der Waals surface area (Å²) < 4.78 is 0. The quantitative estimate of drug-likeness (QED) is 0.909. The number of benzene rings is 1. The van der Waals surface area contributed by atoms with Gasteiger partial charge < -0.3 is 10.2 Å². The van der Waals surface area contributed by atoms with E-state index in [0.29, 0.717) is 0 Å². The minimum Gasteiger partial charge on any atom is -0.368 e. The second kappa shape index (κ2) is 5.62. The van der Waals surface area contributed by atoms with Crippen LogP contribution in [0.5, 0.6) is 0 Å². The van der Waals surface area contributed by atoms with Crippen LogP contribution in [-0.2, 0) is 0 Å². The van der Waals surface area contributed by atoms with Crippen LogP contribution in [0, 0.1) is 0 Å². The number of nitrogens with zero attached hydrogens (tertiary/aromatic N) is 3. The van der Waals surface area contributed by atoms with Crippen molar-refractivity contribution in [1.29, 1.82) is 0 Å². The lowest BCUT2D eigenvalue weighted by molar-refractivity contribution is 0.197. The third-order valence-electron chi connectivity index (χ3n) is 4.83. The number of para-hydroxylation sites is 1. The van der Waals surface area contributed by atoms with Crippen LogP contribution in [0.2, 0.25) is 0 Å². The summed E-state index contributed by atoms with van der Waals surface area (Å²) in [7, 11) is 0. The maximum atomic E-state index is 4.47. The first-order valence-electron chi connectivity index (χ1n) is 7.95. The fourth-order valence-corrected chi connectivity index (χ4v) is 3.64. The van der Waals surface area contributed by atoms with Gasteiger partial charge in [-0.15, -0.1) is 0 Å². The number of piperazine rings is 1. The number of pyridine rings is 1. The third-order valence-corrected chi connectivity index (χ3v) is 4.83. The number of hydrogen-bond donors (Lipinski definition) is 1. The summed E-state index contributed by atoms with van der Waals surface area (Å²) in [6.07, 6.45) is 3.24. The lowest BCUT2D eigenvalue weighted by Gasteiger charge is -2.39. The SMILES string of the molecule is c1ccc2c(N3CCN(C4CCNC4)CC3)ccnc2c1. The minimum absolute atomic E-state index is 0.751. The van der Waals surface area contributed by atoms with E-state index in [1.54, 1.807) is 0 Å². The molecule has 2 aliphatic heterocycles. The molecule has 1 aromatic heterocycles. The second-order valence-corrected chi connectivity index (χ2v) is 6.02. The Kier molecular flexibility index (Phi) is 3.49. The number of aromatic nitrogens is 1. The van der Waals surface area contributed by atoms with Gasteiger partial charge in [0.05, 0.1) is 5.52 Å². The summed E-state index contributed by atoms with van der Waals surface area (Å²) in [5.74, 6) is 0. The largest absolute Gasteiger partial charge is 0.368 e. The monoisotopic (exact) mass is 282 g/mol. The number of nitrogens with one attached hydrogen (secondary N) is 1. The highest BCUT2D eigenvalue weighted by atomic mass is 15.3. The Balaban J connectivity index is 1.52. The molecule has 0 spiro atoms. The van der Waals surface area contributed by atoms with E-state index in [9.17, 15) is 0 Å². The number of fused-ring (bicyclic) bond motifs is 1. The molecule has 1 aromatic carbocycles. The number of anilines is 1. The van der Waals surface area contributed by atoms with Crippen LogP contribution in [0.4, 0.5) is 5.69 Å². The molecular formula is C17H22N4. The molecule has 2 saturated heterocycles. The number of rotatable bonds is 2. The van der Waals surface area contributed by atoms with Gasteiger partial charge in [-0.1, -0.05) is 18.2 Å². The molecular weight excluding hydrogens is 260 g/mol. The summed E-state index contributed by atoms with van der Waals surface area (Å²) >= 11 is 0. The Hall–Kier alpha value is -1.65. The highest BCUT2D eigenvalue weighted by Crippen LogP contribution is 2.26. The molecule has 4 rings (SSSR count). The van der Waals surface area contributed by atoms with E-state index in [1.165, 1.54) is 37.1 Å². The Morgan fingerprint density at radius 3 is 2.71 bits per heavy atom. The van der Waals surface area contributed by atoms with E-state index in [2.05, 4.69) is 50.4 Å². The first-order valence-corrected chi connectivity index (χ1v) is 7.95. The van der Waals surface area contributed by atoms with Gasteiger partial charge in [-0.05, 0) is 25.1 Å². The third kappa shape index (κ3) is 2.49. The zero-order valence-electron chi connectivity index (χ0n) is 12.3. The average molecular weight is 282 g/mol. The van der Waals surface area contributed by atoms with Crippen molar-refractivity contribution in [3.8, 4) is 0 Å². The van der Waals surface area contributed by atoms with Crippen molar-refractivity contribution in [3.63, 3.8) is 0 Å². The topological polar surface area (TPSA) is 31.4 Å². The van der Waals surface area contributed by atoms with Crippen LogP contribution in [0.15, 0.2) is 36.5 Å². The first-order chi connectivity index (χ1) is 10.4. The lowest BCUT2D eigenvalue weighted by Crippen LogP contribution is -2.51. The van der Waals surface area contributed by atoms with Gasteiger partial charge in [0, 0.05) is 56.0 Å². The van der Waals surface area contributed by atoms with Gasteiger partial charge in [0.25, 0.3) is 0 Å². The zero-order chi connectivity index (χ0) is 14.1. The lowest BCUT2D eigenvalue weighted by atomic mass is 10.1. The summed E-state index contributed by atoms with van der Waals surface area (Å²) in [4.78, 5) is 9.64. The Morgan fingerprint density at radius 2 is 1.90 bits per heavy atom. The molecule has 1 atom stereocenters. The molecule has 4 nitrogen and oxygen atoms in total. The van der Waals surface area contributed by atoms with Crippen molar-refractivity contribution in [2.24, 2.45) is 0 Å². The van der Waals surface area contributed by atoms with E-state index < -0.39 is 0 Å².